The van der Waals surface area contributed by atoms with Crippen LogP contribution in [0.4, 0.5) is 4.39 Å². The largest absolute Gasteiger partial charge is 0.478 e. The molecular formula is C15H13FO2. The molecule has 0 saturated carbocycles. The molecule has 2 aromatic carbocycles. The monoisotopic (exact) mass is 244 g/mol. The van der Waals surface area contributed by atoms with Crippen LogP contribution in [0.2, 0.25) is 0 Å². The summed E-state index contributed by atoms with van der Waals surface area (Å²) in [6.07, 6.45) is 0. The molecule has 0 saturated heterocycles. The van der Waals surface area contributed by atoms with Gasteiger partial charge < -0.3 is 5.11 Å². The van der Waals surface area contributed by atoms with E-state index in [1.807, 2.05) is 13.0 Å². The maximum absolute atomic E-state index is 13.5. The van der Waals surface area contributed by atoms with Crippen LogP contribution in [0.15, 0.2) is 36.4 Å². The van der Waals surface area contributed by atoms with Gasteiger partial charge in [0.25, 0.3) is 0 Å². The summed E-state index contributed by atoms with van der Waals surface area (Å²) in [5, 5.41) is 8.91. The van der Waals surface area contributed by atoms with Crippen LogP contribution in [-0.4, -0.2) is 11.1 Å². The minimum Gasteiger partial charge on any atom is -0.478 e. The number of aryl methyl sites for hydroxylation is 1. The number of hydrogen-bond donors (Lipinski definition) is 1. The lowest BCUT2D eigenvalue weighted by Gasteiger charge is -2.10. The second kappa shape index (κ2) is 4.61. The highest BCUT2D eigenvalue weighted by atomic mass is 19.1. The van der Waals surface area contributed by atoms with Gasteiger partial charge in [0.1, 0.15) is 5.82 Å². The molecule has 0 bridgehead atoms. The first-order valence-electron chi connectivity index (χ1n) is 5.60. The van der Waals surface area contributed by atoms with Gasteiger partial charge in [0.2, 0.25) is 0 Å². The summed E-state index contributed by atoms with van der Waals surface area (Å²) < 4.78 is 13.5. The lowest BCUT2D eigenvalue weighted by molar-refractivity contribution is 0.0697. The van der Waals surface area contributed by atoms with Crippen molar-refractivity contribution in [3.8, 4) is 11.1 Å². The molecule has 0 spiro atoms. The molecule has 92 valence electrons. The molecular weight excluding hydrogens is 231 g/mol. The van der Waals surface area contributed by atoms with E-state index >= 15 is 0 Å². The summed E-state index contributed by atoms with van der Waals surface area (Å²) in [5.74, 6) is -1.21. The second-order valence-electron chi connectivity index (χ2n) is 4.25. The van der Waals surface area contributed by atoms with Crippen molar-refractivity contribution in [2.75, 3.05) is 0 Å². The van der Waals surface area contributed by atoms with Crippen LogP contribution in [0.5, 0.6) is 0 Å². The number of carbonyl (C=O) groups is 1. The van der Waals surface area contributed by atoms with E-state index in [1.54, 1.807) is 25.1 Å². The van der Waals surface area contributed by atoms with Gasteiger partial charge in [-0.05, 0) is 54.3 Å². The highest BCUT2D eigenvalue weighted by Crippen LogP contribution is 2.28. The maximum atomic E-state index is 13.5. The van der Waals surface area contributed by atoms with Crippen LogP contribution >= 0.6 is 0 Å². The topological polar surface area (TPSA) is 37.3 Å². The number of halogens is 1. The average Bonchev–Trinajstić information content (AvgIpc) is 2.33. The lowest BCUT2D eigenvalue weighted by atomic mass is 9.95. The van der Waals surface area contributed by atoms with E-state index in [9.17, 15) is 9.18 Å². The summed E-state index contributed by atoms with van der Waals surface area (Å²) >= 11 is 0. The Morgan fingerprint density at radius 1 is 1.11 bits per heavy atom. The first-order valence-corrected chi connectivity index (χ1v) is 5.60. The third-order valence-corrected chi connectivity index (χ3v) is 3.03. The highest BCUT2D eigenvalue weighted by molar-refractivity contribution is 5.89. The maximum Gasteiger partial charge on any atom is 0.335 e. The van der Waals surface area contributed by atoms with E-state index < -0.39 is 5.97 Å². The molecule has 0 atom stereocenters. The molecule has 0 aromatic heterocycles. The Bertz CT molecular complexity index is 618. The van der Waals surface area contributed by atoms with E-state index in [4.69, 9.17) is 5.11 Å². The molecule has 2 aromatic rings. The van der Waals surface area contributed by atoms with Gasteiger partial charge in [0, 0.05) is 0 Å². The first kappa shape index (κ1) is 12.3. The molecule has 2 nitrogen and oxygen atoms in total. The number of carboxylic acids is 1. The van der Waals surface area contributed by atoms with Crippen molar-refractivity contribution in [2.45, 2.75) is 13.8 Å². The van der Waals surface area contributed by atoms with Gasteiger partial charge in [-0.2, -0.15) is 0 Å². The van der Waals surface area contributed by atoms with Crippen molar-refractivity contribution < 1.29 is 14.3 Å². The predicted octanol–water partition coefficient (Wildman–Crippen LogP) is 3.81. The highest BCUT2D eigenvalue weighted by Gasteiger charge is 2.10. The Morgan fingerprint density at radius 3 is 2.44 bits per heavy atom. The van der Waals surface area contributed by atoms with Gasteiger partial charge >= 0.3 is 5.97 Å². The number of carboxylic acid groups (broad SMARTS) is 1. The molecule has 0 aliphatic carbocycles. The van der Waals surface area contributed by atoms with Gasteiger partial charge in [-0.25, -0.2) is 9.18 Å². The molecule has 0 radical (unpaired) electrons. The quantitative estimate of drug-likeness (QED) is 0.872. The molecule has 2 rings (SSSR count). The molecule has 0 aliphatic heterocycles. The number of rotatable bonds is 2. The Hall–Kier alpha value is -2.16. The SMILES string of the molecule is Cc1cc(C(=O)O)ccc1-c1cccc(F)c1C. The average molecular weight is 244 g/mol. The van der Waals surface area contributed by atoms with E-state index in [-0.39, 0.29) is 11.4 Å². The summed E-state index contributed by atoms with van der Waals surface area (Å²) in [4.78, 5) is 10.9. The molecule has 3 heteroatoms. The van der Waals surface area contributed by atoms with Gasteiger partial charge in [0.05, 0.1) is 5.56 Å². The van der Waals surface area contributed by atoms with Gasteiger partial charge in [0.15, 0.2) is 0 Å². The zero-order chi connectivity index (χ0) is 13.3. The number of benzene rings is 2. The minimum atomic E-state index is -0.958. The van der Waals surface area contributed by atoms with Crippen LogP contribution in [0, 0.1) is 19.7 Å². The zero-order valence-electron chi connectivity index (χ0n) is 10.2. The smallest absolute Gasteiger partial charge is 0.335 e. The van der Waals surface area contributed by atoms with Crippen LogP contribution in [0.25, 0.3) is 11.1 Å². The Labute approximate surface area is 105 Å². The molecule has 0 aliphatic rings. The summed E-state index contributed by atoms with van der Waals surface area (Å²) in [6.45, 7) is 3.54. The Kier molecular flexibility index (Phi) is 3.15. The van der Waals surface area contributed by atoms with Crippen molar-refractivity contribution in [3.05, 3.63) is 58.9 Å². The van der Waals surface area contributed by atoms with Crippen molar-refractivity contribution in [2.24, 2.45) is 0 Å². The summed E-state index contributed by atoms with van der Waals surface area (Å²) in [5.41, 5.74) is 3.29. The van der Waals surface area contributed by atoms with E-state index in [0.717, 1.165) is 16.7 Å². The van der Waals surface area contributed by atoms with Crippen LogP contribution in [-0.2, 0) is 0 Å². The molecule has 0 amide bonds. The van der Waals surface area contributed by atoms with E-state index in [2.05, 4.69) is 0 Å². The molecule has 18 heavy (non-hydrogen) atoms. The van der Waals surface area contributed by atoms with Crippen molar-refractivity contribution in [1.29, 1.82) is 0 Å². The number of hydrogen-bond acceptors (Lipinski definition) is 1. The van der Waals surface area contributed by atoms with Gasteiger partial charge in [-0.1, -0.05) is 18.2 Å². The van der Waals surface area contributed by atoms with Gasteiger partial charge in [-0.15, -0.1) is 0 Å². The van der Waals surface area contributed by atoms with Crippen molar-refractivity contribution >= 4 is 5.97 Å². The van der Waals surface area contributed by atoms with Crippen LogP contribution < -0.4 is 0 Å². The first-order chi connectivity index (χ1) is 8.50. The Balaban J connectivity index is 2.58. The van der Waals surface area contributed by atoms with Gasteiger partial charge in [-0.3, -0.25) is 0 Å². The van der Waals surface area contributed by atoms with Crippen LogP contribution in [0.3, 0.4) is 0 Å². The third kappa shape index (κ3) is 2.12. The predicted molar refractivity (Wildman–Crippen MR) is 68.3 cm³/mol. The molecule has 0 heterocycles. The minimum absolute atomic E-state index is 0.241. The zero-order valence-corrected chi connectivity index (χ0v) is 10.2. The van der Waals surface area contributed by atoms with Crippen LogP contribution in [0.1, 0.15) is 21.5 Å². The van der Waals surface area contributed by atoms with Crippen molar-refractivity contribution in [3.63, 3.8) is 0 Å². The number of aromatic carboxylic acids is 1. The molecule has 1 N–H and O–H groups in total. The standard InChI is InChI=1S/C15H13FO2/c1-9-8-11(15(17)18)6-7-12(9)13-4-3-5-14(16)10(13)2/h3-8H,1-2H3,(H,17,18). The normalized spacial score (nSPS) is 10.4. The molecule has 0 fully saturated rings. The van der Waals surface area contributed by atoms with Crippen molar-refractivity contribution in [1.82, 2.24) is 0 Å². The van der Waals surface area contributed by atoms with E-state index in [0.29, 0.717) is 5.56 Å². The third-order valence-electron chi connectivity index (χ3n) is 3.03. The fraction of sp³-hybridized carbons (Fsp3) is 0.133. The summed E-state index contributed by atoms with van der Waals surface area (Å²) in [6, 6.07) is 9.76. The fourth-order valence-corrected chi connectivity index (χ4v) is 2.00. The lowest BCUT2D eigenvalue weighted by Crippen LogP contribution is -1.98. The fourth-order valence-electron chi connectivity index (χ4n) is 2.00. The van der Waals surface area contributed by atoms with E-state index in [1.165, 1.54) is 12.1 Å². The second-order valence-corrected chi connectivity index (χ2v) is 4.25. The Morgan fingerprint density at radius 2 is 1.83 bits per heavy atom. The summed E-state index contributed by atoms with van der Waals surface area (Å²) in [7, 11) is 0. The molecule has 0 unspecified atom stereocenters.